The molecule has 0 saturated heterocycles. The van der Waals surface area contributed by atoms with Gasteiger partial charge in [0.05, 0.1) is 5.56 Å². The van der Waals surface area contributed by atoms with Crippen LogP contribution in [0.2, 0.25) is 0 Å². The minimum Gasteiger partial charge on any atom is -0.354 e. The van der Waals surface area contributed by atoms with E-state index in [9.17, 15) is 24.1 Å². The number of benzene rings is 1. The average molecular weight is 295 g/mol. The van der Waals surface area contributed by atoms with Gasteiger partial charge in [0.25, 0.3) is 5.91 Å². The van der Waals surface area contributed by atoms with Crippen molar-refractivity contribution in [1.29, 1.82) is 0 Å². The fourth-order valence-corrected chi connectivity index (χ4v) is 1.93. The number of halogens is 1. The maximum Gasteiger partial charge on any atom is 0.254 e. The Bertz CT molecular complexity index is 578. The standard InChI is InChI=1S/C13H14FN3O4/c14-10-4-2-1-3-8(10)12(18)15-5-6-16-13(19)9-7-11(9)17(20)21/h1-4,9,11H,5-7H2,(H,15,18)(H,16,19)/t9-,11+/m0/s1. The maximum absolute atomic E-state index is 13.3. The summed E-state index contributed by atoms with van der Waals surface area (Å²) in [4.78, 5) is 33.1. The largest absolute Gasteiger partial charge is 0.354 e. The number of nitrogens with one attached hydrogen (secondary N) is 2. The van der Waals surface area contributed by atoms with Gasteiger partial charge in [-0.25, -0.2) is 4.39 Å². The van der Waals surface area contributed by atoms with Crippen molar-refractivity contribution in [1.82, 2.24) is 10.6 Å². The molecule has 0 spiro atoms. The molecule has 1 aliphatic carbocycles. The Balaban J connectivity index is 1.69. The van der Waals surface area contributed by atoms with E-state index >= 15 is 0 Å². The van der Waals surface area contributed by atoms with E-state index in [2.05, 4.69) is 10.6 Å². The summed E-state index contributed by atoms with van der Waals surface area (Å²) in [7, 11) is 0. The molecular formula is C13H14FN3O4. The Morgan fingerprint density at radius 3 is 2.57 bits per heavy atom. The van der Waals surface area contributed by atoms with Gasteiger partial charge in [0, 0.05) is 24.4 Å². The molecule has 1 saturated carbocycles. The number of carbonyl (C=O) groups excluding carboxylic acids is 2. The van der Waals surface area contributed by atoms with Crippen molar-refractivity contribution in [3.63, 3.8) is 0 Å². The quantitative estimate of drug-likeness (QED) is 0.449. The van der Waals surface area contributed by atoms with E-state index in [1.165, 1.54) is 18.2 Å². The lowest BCUT2D eigenvalue weighted by molar-refractivity contribution is -0.497. The molecule has 8 heteroatoms. The molecule has 21 heavy (non-hydrogen) atoms. The second kappa shape index (κ2) is 6.29. The second-order valence-electron chi connectivity index (χ2n) is 4.72. The van der Waals surface area contributed by atoms with Crippen LogP contribution >= 0.6 is 0 Å². The molecule has 0 radical (unpaired) electrons. The molecule has 2 N–H and O–H groups in total. The Morgan fingerprint density at radius 1 is 1.29 bits per heavy atom. The van der Waals surface area contributed by atoms with Crippen molar-refractivity contribution < 1.29 is 18.9 Å². The summed E-state index contributed by atoms with van der Waals surface area (Å²) in [5.41, 5.74) is -0.0700. The molecule has 7 nitrogen and oxygen atoms in total. The highest BCUT2D eigenvalue weighted by Gasteiger charge is 2.53. The molecule has 2 amide bonds. The van der Waals surface area contributed by atoms with Crippen LogP contribution in [-0.4, -0.2) is 35.9 Å². The first-order chi connectivity index (χ1) is 10.0. The van der Waals surface area contributed by atoms with Crippen LogP contribution in [0.5, 0.6) is 0 Å². The predicted octanol–water partition coefficient (Wildman–Crippen LogP) is 0.337. The van der Waals surface area contributed by atoms with Gasteiger partial charge in [-0.05, 0) is 12.1 Å². The molecule has 0 aromatic heterocycles. The molecule has 1 fully saturated rings. The first-order valence-electron chi connectivity index (χ1n) is 6.44. The molecular weight excluding hydrogens is 281 g/mol. The molecule has 112 valence electrons. The minimum atomic E-state index is -0.794. The molecule has 1 aromatic rings. The van der Waals surface area contributed by atoms with Crippen LogP contribution in [0.15, 0.2) is 24.3 Å². The third-order valence-corrected chi connectivity index (χ3v) is 3.19. The number of nitrogens with zero attached hydrogens (tertiary/aromatic N) is 1. The summed E-state index contributed by atoms with van der Waals surface area (Å²) in [6, 6.07) is 4.77. The van der Waals surface area contributed by atoms with Gasteiger partial charge in [-0.15, -0.1) is 0 Å². The lowest BCUT2D eigenvalue weighted by atomic mass is 10.2. The van der Waals surface area contributed by atoms with Crippen LogP contribution in [-0.2, 0) is 4.79 Å². The highest BCUT2D eigenvalue weighted by atomic mass is 19.1. The van der Waals surface area contributed by atoms with Crippen molar-refractivity contribution in [2.45, 2.75) is 12.5 Å². The van der Waals surface area contributed by atoms with E-state index in [1.807, 2.05) is 0 Å². The zero-order chi connectivity index (χ0) is 15.4. The zero-order valence-corrected chi connectivity index (χ0v) is 11.0. The highest BCUT2D eigenvalue weighted by molar-refractivity contribution is 5.94. The SMILES string of the molecule is O=C(NCCNC(=O)[C@H]1C[C@H]1[N+](=O)[O-])c1ccccc1F. The molecule has 2 rings (SSSR count). The molecule has 0 aliphatic heterocycles. The summed E-state index contributed by atoms with van der Waals surface area (Å²) in [6.45, 7) is 0.259. The molecule has 1 aliphatic rings. The number of hydrogen-bond acceptors (Lipinski definition) is 4. The van der Waals surface area contributed by atoms with Gasteiger partial charge in [0.15, 0.2) is 0 Å². The van der Waals surface area contributed by atoms with Gasteiger partial charge in [-0.1, -0.05) is 12.1 Å². The van der Waals surface area contributed by atoms with Crippen molar-refractivity contribution in [3.05, 3.63) is 45.8 Å². The number of carbonyl (C=O) groups is 2. The summed E-state index contributed by atoms with van der Waals surface area (Å²) in [6.07, 6.45) is 0.250. The zero-order valence-electron chi connectivity index (χ0n) is 11.0. The smallest absolute Gasteiger partial charge is 0.254 e. The topological polar surface area (TPSA) is 101 Å². The van der Waals surface area contributed by atoms with E-state index in [1.54, 1.807) is 6.07 Å². The molecule has 0 heterocycles. The fourth-order valence-electron chi connectivity index (χ4n) is 1.93. The van der Waals surface area contributed by atoms with Gasteiger partial charge in [-0.3, -0.25) is 19.7 Å². The number of amides is 2. The van der Waals surface area contributed by atoms with E-state index < -0.39 is 34.5 Å². The maximum atomic E-state index is 13.3. The monoisotopic (exact) mass is 295 g/mol. The van der Waals surface area contributed by atoms with Crippen LogP contribution < -0.4 is 10.6 Å². The van der Waals surface area contributed by atoms with Gasteiger partial charge in [0.1, 0.15) is 11.7 Å². The molecule has 0 unspecified atom stereocenters. The average Bonchev–Trinajstić information content (AvgIpc) is 3.24. The van der Waals surface area contributed by atoms with Crippen LogP contribution in [0.25, 0.3) is 0 Å². The highest BCUT2D eigenvalue weighted by Crippen LogP contribution is 2.32. The second-order valence-corrected chi connectivity index (χ2v) is 4.72. The van der Waals surface area contributed by atoms with Crippen molar-refractivity contribution in [2.75, 3.05) is 13.1 Å². The summed E-state index contributed by atoms with van der Waals surface area (Å²) < 4.78 is 13.3. The first kappa shape index (κ1) is 14.9. The van der Waals surface area contributed by atoms with Gasteiger partial charge < -0.3 is 10.6 Å². The Labute approximate surface area is 119 Å². The summed E-state index contributed by atoms with van der Waals surface area (Å²) in [5, 5.41) is 15.4. The van der Waals surface area contributed by atoms with Gasteiger partial charge in [0.2, 0.25) is 11.9 Å². The third kappa shape index (κ3) is 3.74. The van der Waals surface area contributed by atoms with Crippen LogP contribution in [0, 0.1) is 21.8 Å². The Morgan fingerprint density at radius 2 is 1.95 bits per heavy atom. The van der Waals surface area contributed by atoms with E-state index in [0.29, 0.717) is 0 Å². The molecule has 2 atom stereocenters. The number of nitro groups is 1. The van der Waals surface area contributed by atoms with E-state index in [-0.39, 0.29) is 25.1 Å². The number of rotatable bonds is 6. The van der Waals surface area contributed by atoms with Gasteiger partial charge in [-0.2, -0.15) is 0 Å². The Hall–Kier alpha value is -2.51. The lowest BCUT2D eigenvalue weighted by Gasteiger charge is -2.07. The van der Waals surface area contributed by atoms with Crippen LogP contribution in [0.3, 0.4) is 0 Å². The van der Waals surface area contributed by atoms with Crippen molar-refractivity contribution >= 4 is 11.8 Å². The lowest BCUT2D eigenvalue weighted by Crippen LogP contribution is -2.36. The Kier molecular flexibility index (Phi) is 4.46. The normalized spacial score (nSPS) is 19.7. The molecule has 1 aromatic carbocycles. The van der Waals surface area contributed by atoms with E-state index in [0.717, 1.165) is 0 Å². The fraction of sp³-hybridized carbons (Fsp3) is 0.385. The number of hydrogen-bond donors (Lipinski definition) is 2. The molecule has 0 bridgehead atoms. The summed E-state index contributed by atoms with van der Waals surface area (Å²) in [5.74, 6) is -2.16. The van der Waals surface area contributed by atoms with E-state index in [4.69, 9.17) is 0 Å². The summed E-state index contributed by atoms with van der Waals surface area (Å²) >= 11 is 0. The first-order valence-corrected chi connectivity index (χ1v) is 6.44. The van der Waals surface area contributed by atoms with Crippen LogP contribution in [0.1, 0.15) is 16.8 Å². The third-order valence-electron chi connectivity index (χ3n) is 3.19. The van der Waals surface area contributed by atoms with Crippen molar-refractivity contribution in [2.24, 2.45) is 5.92 Å². The van der Waals surface area contributed by atoms with Gasteiger partial charge >= 0.3 is 0 Å². The van der Waals surface area contributed by atoms with Crippen LogP contribution in [0.4, 0.5) is 4.39 Å². The van der Waals surface area contributed by atoms with Crippen molar-refractivity contribution in [3.8, 4) is 0 Å². The minimum absolute atomic E-state index is 0.0700. The predicted molar refractivity (Wildman–Crippen MR) is 70.6 cm³/mol.